The zero-order valence-corrected chi connectivity index (χ0v) is 21.7. The molecule has 2 unspecified atom stereocenters. The Hall–Kier alpha value is -2.04. The molecule has 0 radical (unpaired) electrons. The van der Waals surface area contributed by atoms with Gasteiger partial charge in [0.05, 0.1) is 34.3 Å². The molecule has 3 aliphatic rings. The lowest BCUT2D eigenvalue weighted by molar-refractivity contribution is -0.141. The Kier molecular flexibility index (Phi) is 7.28. The van der Waals surface area contributed by atoms with E-state index < -0.39 is 12.3 Å². The zero-order chi connectivity index (χ0) is 22.9. The van der Waals surface area contributed by atoms with Crippen molar-refractivity contribution in [2.45, 2.75) is 32.2 Å². The summed E-state index contributed by atoms with van der Waals surface area (Å²) in [6.45, 7) is 2.79. The SMILES string of the molecule is Cc1cc(Cl)cc(-c2ncnc3cc(CN4C(=O)C5CC5C4=O)sc23)c1O[C@@H]1CNC[C@@H]1F.Cl.Cl. The summed E-state index contributed by atoms with van der Waals surface area (Å²) in [5.41, 5.74) is 2.78. The van der Waals surface area contributed by atoms with Crippen LogP contribution in [-0.2, 0) is 16.1 Å². The average molecular weight is 560 g/mol. The van der Waals surface area contributed by atoms with Gasteiger partial charge in [0, 0.05) is 28.6 Å². The van der Waals surface area contributed by atoms with E-state index in [1.165, 1.54) is 22.6 Å². The Labute approximate surface area is 222 Å². The number of piperidine rings is 1. The van der Waals surface area contributed by atoms with Crippen LogP contribution in [0, 0.1) is 18.8 Å². The average Bonchev–Trinajstić information content (AvgIpc) is 3.22. The first kappa shape index (κ1) is 26.0. The van der Waals surface area contributed by atoms with Crippen molar-refractivity contribution in [2.75, 3.05) is 13.1 Å². The van der Waals surface area contributed by atoms with Gasteiger partial charge in [-0.2, -0.15) is 0 Å². The number of carbonyl (C=O) groups is 2. The summed E-state index contributed by atoms with van der Waals surface area (Å²) in [5, 5.41) is 3.52. The summed E-state index contributed by atoms with van der Waals surface area (Å²) in [4.78, 5) is 35.9. The lowest BCUT2D eigenvalue weighted by Crippen LogP contribution is -2.31. The molecule has 2 aromatic heterocycles. The number of amides is 2. The molecule has 1 aliphatic carbocycles. The molecule has 3 aromatic rings. The summed E-state index contributed by atoms with van der Waals surface area (Å²) < 4.78 is 21.2. The minimum Gasteiger partial charge on any atom is -0.485 e. The normalized spacial score (nSPS) is 24.8. The van der Waals surface area contributed by atoms with Crippen molar-refractivity contribution < 1.29 is 18.7 Å². The van der Waals surface area contributed by atoms with Gasteiger partial charge in [-0.15, -0.1) is 36.2 Å². The highest BCUT2D eigenvalue weighted by Crippen LogP contribution is 2.48. The number of alkyl halides is 1. The van der Waals surface area contributed by atoms with E-state index in [4.69, 9.17) is 16.3 Å². The molecule has 1 N–H and O–H groups in total. The molecule has 3 fully saturated rings. The van der Waals surface area contributed by atoms with Gasteiger partial charge >= 0.3 is 0 Å². The van der Waals surface area contributed by atoms with Gasteiger partial charge in [0.1, 0.15) is 18.2 Å². The molecule has 1 saturated carbocycles. The number of likely N-dealkylation sites (tertiary alicyclic amines) is 1. The van der Waals surface area contributed by atoms with Crippen molar-refractivity contribution in [1.29, 1.82) is 0 Å². The van der Waals surface area contributed by atoms with Gasteiger partial charge in [0.25, 0.3) is 0 Å². The second-order valence-corrected chi connectivity index (χ2v) is 10.4. The number of hydrogen-bond acceptors (Lipinski definition) is 7. The van der Waals surface area contributed by atoms with Crippen LogP contribution in [0.15, 0.2) is 24.5 Å². The molecule has 4 atom stereocenters. The van der Waals surface area contributed by atoms with Crippen LogP contribution in [-0.4, -0.2) is 52.0 Å². The van der Waals surface area contributed by atoms with E-state index in [2.05, 4.69) is 15.3 Å². The predicted octanol–water partition coefficient (Wildman–Crippen LogP) is 4.36. The van der Waals surface area contributed by atoms with Gasteiger partial charge in [-0.1, -0.05) is 11.6 Å². The number of hydrogen-bond donors (Lipinski definition) is 1. The number of aromatic nitrogens is 2. The fourth-order valence-corrected chi connectivity index (χ4v) is 6.06. The highest BCUT2D eigenvalue weighted by atomic mass is 35.5. The Balaban J connectivity index is 0.00000144. The Morgan fingerprint density at radius 3 is 2.60 bits per heavy atom. The minimum absolute atomic E-state index is 0. The van der Waals surface area contributed by atoms with Crippen molar-refractivity contribution in [3.63, 3.8) is 0 Å². The van der Waals surface area contributed by atoms with E-state index in [1.807, 2.05) is 13.0 Å². The topological polar surface area (TPSA) is 84.4 Å². The van der Waals surface area contributed by atoms with E-state index >= 15 is 0 Å². The fourth-order valence-electron chi connectivity index (χ4n) is 4.69. The van der Waals surface area contributed by atoms with Gasteiger partial charge < -0.3 is 10.1 Å². The first-order chi connectivity index (χ1) is 15.9. The molecule has 186 valence electrons. The lowest BCUT2D eigenvalue weighted by Gasteiger charge is -2.20. The molecular formula is C23H22Cl3FN4O3S. The Morgan fingerprint density at radius 2 is 1.91 bits per heavy atom. The Morgan fingerprint density at radius 1 is 1.17 bits per heavy atom. The van der Waals surface area contributed by atoms with Crippen LogP contribution < -0.4 is 10.1 Å². The molecule has 2 aliphatic heterocycles. The fraction of sp³-hybridized carbons (Fsp3) is 0.391. The van der Waals surface area contributed by atoms with Crippen molar-refractivity contribution in [3.8, 4) is 17.0 Å². The van der Waals surface area contributed by atoms with Gasteiger partial charge in [-0.25, -0.2) is 14.4 Å². The van der Waals surface area contributed by atoms with Crippen molar-refractivity contribution in [3.05, 3.63) is 40.0 Å². The largest absolute Gasteiger partial charge is 0.485 e. The highest BCUT2D eigenvalue weighted by molar-refractivity contribution is 7.19. The van der Waals surface area contributed by atoms with Crippen LogP contribution in [0.3, 0.4) is 0 Å². The van der Waals surface area contributed by atoms with Crippen LogP contribution in [0.25, 0.3) is 21.5 Å². The molecule has 0 bridgehead atoms. The number of nitrogens with zero attached hydrogens (tertiary/aromatic N) is 3. The molecule has 2 saturated heterocycles. The maximum atomic E-state index is 14.3. The molecule has 35 heavy (non-hydrogen) atoms. The minimum atomic E-state index is -1.10. The zero-order valence-electron chi connectivity index (χ0n) is 18.5. The molecule has 7 nitrogen and oxygen atoms in total. The number of halogens is 4. The first-order valence-corrected chi connectivity index (χ1v) is 12.0. The van der Waals surface area contributed by atoms with E-state index in [0.717, 1.165) is 15.1 Å². The third-order valence-corrected chi connectivity index (χ3v) is 7.82. The highest BCUT2D eigenvalue weighted by Gasteiger charge is 2.58. The molecule has 6 rings (SSSR count). The number of aryl methyl sites for hydroxylation is 1. The van der Waals surface area contributed by atoms with E-state index in [-0.39, 0.29) is 61.6 Å². The van der Waals surface area contributed by atoms with Crippen LogP contribution in [0.5, 0.6) is 5.75 Å². The molecular weight excluding hydrogens is 538 g/mol. The van der Waals surface area contributed by atoms with Gasteiger partial charge in [-0.05, 0) is 37.1 Å². The van der Waals surface area contributed by atoms with Crippen LogP contribution in [0.2, 0.25) is 5.02 Å². The summed E-state index contributed by atoms with van der Waals surface area (Å²) in [7, 11) is 0. The number of benzene rings is 1. The number of imide groups is 1. The third-order valence-electron chi connectivity index (χ3n) is 6.49. The summed E-state index contributed by atoms with van der Waals surface area (Å²) >= 11 is 7.81. The molecule has 4 heterocycles. The number of fused-ring (bicyclic) bond motifs is 2. The first-order valence-electron chi connectivity index (χ1n) is 10.8. The molecule has 12 heteroatoms. The predicted molar refractivity (Wildman–Crippen MR) is 136 cm³/mol. The van der Waals surface area contributed by atoms with Crippen LogP contribution in [0.4, 0.5) is 4.39 Å². The molecule has 1 aromatic carbocycles. The molecule has 2 amide bonds. The van der Waals surface area contributed by atoms with E-state index in [1.54, 1.807) is 12.1 Å². The van der Waals surface area contributed by atoms with Crippen molar-refractivity contribution in [2.24, 2.45) is 11.8 Å². The van der Waals surface area contributed by atoms with Crippen molar-refractivity contribution in [1.82, 2.24) is 20.2 Å². The summed E-state index contributed by atoms with van der Waals surface area (Å²) in [6.07, 6.45) is 0.445. The smallest absolute Gasteiger partial charge is 0.233 e. The van der Waals surface area contributed by atoms with Crippen LogP contribution >= 0.6 is 47.8 Å². The number of nitrogens with one attached hydrogen (secondary N) is 1. The third kappa shape index (κ3) is 4.49. The monoisotopic (exact) mass is 558 g/mol. The second kappa shape index (κ2) is 9.78. The summed E-state index contributed by atoms with van der Waals surface area (Å²) in [6, 6.07) is 5.43. The van der Waals surface area contributed by atoms with Gasteiger partial charge in [0.15, 0.2) is 6.17 Å². The van der Waals surface area contributed by atoms with Crippen LogP contribution in [0.1, 0.15) is 16.9 Å². The molecule has 0 spiro atoms. The van der Waals surface area contributed by atoms with Crippen molar-refractivity contribution >= 4 is 69.8 Å². The maximum absolute atomic E-state index is 14.3. The summed E-state index contributed by atoms with van der Waals surface area (Å²) in [5.74, 6) is 0.124. The lowest BCUT2D eigenvalue weighted by atomic mass is 10.1. The second-order valence-electron chi connectivity index (χ2n) is 8.79. The number of thiophene rings is 1. The maximum Gasteiger partial charge on any atom is 0.233 e. The Bertz CT molecular complexity index is 1300. The number of rotatable bonds is 5. The van der Waals surface area contributed by atoms with Gasteiger partial charge in [0.2, 0.25) is 11.8 Å². The number of ether oxygens (including phenoxy) is 1. The van der Waals surface area contributed by atoms with Gasteiger partial charge in [-0.3, -0.25) is 14.5 Å². The quantitative estimate of drug-likeness (QED) is 0.468. The van der Waals surface area contributed by atoms with E-state index in [0.29, 0.717) is 40.5 Å². The van der Waals surface area contributed by atoms with E-state index in [9.17, 15) is 14.0 Å². The standard InChI is InChI=1S/C23H20ClFN4O3S.2ClH/c1-10-2-11(24)3-15(20(10)32-18-7-26-6-16(18)25)19-21-17(27-9-28-19)4-12(33-21)8-29-22(30)13-5-14(13)23(29)31;;/h2-4,9,13-14,16,18,26H,5-8H2,1H3;2*1H/t13?,14?,16-,18+;;/m0../s1. The number of carbonyl (C=O) groups excluding carboxylic acids is 2.